The summed E-state index contributed by atoms with van der Waals surface area (Å²) in [6.07, 6.45) is 0. The van der Waals surface area contributed by atoms with E-state index in [1.807, 2.05) is 43.3 Å². The number of carbonyl (C=O) groups is 1. The predicted molar refractivity (Wildman–Crippen MR) is 125 cm³/mol. The van der Waals surface area contributed by atoms with Crippen molar-refractivity contribution in [1.82, 2.24) is 10.2 Å². The van der Waals surface area contributed by atoms with E-state index >= 15 is 0 Å². The van der Waals surface area contributed by atoms with Gasteiger partial charge < -0.3 is 15.0 Å². The number of carbonyl (C=O) groups excluding carboxylic acids is 1. The first-order valence-electron chi connectivity index (χ1n) is 10.2. The molecule has 0 saturated carbocycles. The fourth-order valence-corrected chi connectivity index (χ4v) is 4.36. The van der Waals surface area contributed by atoms with Crippen LogP contribution < -0.4 is 14.8 Å². The minimum absolute atomic E-state index is 0.0706. The molecule has 3 rings (SSSR count). The summed E-state index contributed by atoms with van der Waals surface area (Å²) in [6.45, 7) is 0.322. The van der Waals surface area contributed by atoms with E-state index in [4.69, 9.17) is 4.74 Å². The molecule has 0 aromatic heterocycles. The van der Waals surface area contributed by atoms with Crippen molar-refractivity contribution in [1.29, 1.82) is 0 Å². The van der Waals surface area contributed by atoms with Gasteiger partial charge in [-0.3, -0.25) is 9.52 Å². The van der Waals surface area contributed by atoms with Gasteiger partial charge in [-0.25, -0.2) is 12.8 Å². The predicted octanol–water partition coefficient (Wildman–Crippen LogP) is 3.67. The van der Waals surface area contributed by atoms with Gasteiger partial charge >= 0.3 is 0 Å². The molecule has 0 spiro atoms. The minimum atomic E-state index is -3.95. The number of sulfonamides is 1. The highest BCUT2D eigenvalue weighted by Gasteiger charge is 2.19. The van der Waals surface area contributed by atoms with E-state index in [-0.39, 0.29) is 22.2 Å². The van der Waals surface area contributed by atoms with Crippen molar-refractivity contribution in [2.75, 3.05) is 32.5 Å². The van der Waals surface area contributed by atoms with Crippen LogP contribution in [0.15, 0.2) is 77.7 Å². The van der Waals surface area contributed by atoms with E-state index in [0.717, 1.165) is 23.4 Å². The van der Waals surface area contributed by atoms with Crippen LogP contribution in [0.5, 0.6) is 5.75 Å². The first kappa shape index (κ1) is 24.2. The van der Waals surface area contributed by atoms with E-state index in [1.165, 1.54) is 30.3 Å². The number of hydrogen-bond acceptors (Lipinski definition) is 5. The zero-order chi connectivity index (χ0) is 24.0. The summed E-state index contributed by atoms with van der Waals surface area (Å²) in [4.78, 5) is 14.7. The minimum Gasteiger partial charge on any atom is -0.497 e. The van der Waals surface area contributed by atoms with Crippen LogP contribution in [-0.2, 0) is 10.0 Å². The molecule has 3 aromatic rings. The largest absolute Gasteiger partial charge is 0.497 e. The Balaban J connectivity index is 1.72. The molecule has 2 N–H and O–H groups in total. The van der Waals surface area contributed by atoms with Crippen molar-refractivity contribution < 1.29 is 22.3 Å². The molecule has 0 heterocycles. The topological polar surface area (TPSA) is 87.7 Å². The Bertz CT molecular complexity index is 1200. The number of nitrogens with zero attached hydrogens (tertiary/aromatic N) is 1. The molecule has 0 unspecified atom stereocenters. The van der Waals surface area contributed by atoms with E-state index in [2.05, 4.69) is 10.0 Å². The van der Waals surface area contributed by atoms with Gasteiger partial charge in [0.25, 0.3) is 15.9 Å². The third kappa shape index (κ3) is 6.30. The molecule has 1 atom stereocenters. The van der Waals surface area contributed by atoms with Crippen LogP contribution in [0, 0.1) is 5.82 Å². The Morgan fingerprint density at radius 3 is 2.30 bits per heavy atom. The van der Waals surface area contributed by atoms with Crippen molar-refractivity contribution in [3.8, 4) is 5.75 Å². The lowest BCUT2D eigenvalue weighted by atomic mass is 10.1. The highest BCUT2D eigenvalue weighted by Crippen LogP contribution is 2.21. The summed E-state index contributed by atoms with van der Waals surface area (Å²) in [7, 11) is 1.47. The lowest BCUT2D eigenvalue weighted by Gasteiger charge is -2.25. The Morgan fingerprint density at radius 1 is 1.03 bits per heavy atom. The molecule has 0 bridgehead atoms. The second-order valence-electron chi connectivity index (χ2n) is 7.60. The van der Waals surface area contributed by atoms with Crippen molar-refractivity contribution in [3.05, 3.63) is 89.7 Å². The molecule has 33 heavy (non-hydrogen) atoms. The normalized spacial score (nSPS) is 12.3. The Kier molecular flexibility index (Phi) is 7.67. The van der Waals surface area contributed by atoms with Gasteiger partial charge in [-0.05, 0) is 74.3 Å². The number of nitrogens with one attached hydrogen (secondary N) is 2. The summed E-state index contributed by atoms with van der Waals surface area (Å²) in [5.41, 5.74) is 1.43. The number of rotatable bonds is 9. The summed E-state index contributed by atoms with van der Waals surface area (Å²) in [5, 5.41) is 2.87. The Labute approximate surface area is 193 Å². The van der Waals surface area contributed by atoms with Crippen molar-refractivity contribution in [2.45, 2.75) is 10.9 Å². The lowest BCUT2D eigenvalue weighted by Crippen LogP contribution is -2.34. The average molecular weight is 472 g/mol. The summed E-state index contributed by atoms with van der Waals surface area (Å²) >= 11 is 0. The third-order valence-electron chi connectivity index (χ3n) is 5.08. The van der Waals surface area contributed by atoms with Crippen LogP contribution >= 0.6 is 0 Å². The molecule has 0 aliphatic rings. The van der Waals surface area contributed by atoms with Crippen molar-refractivity contribution in [2.24, 2.45) is 0 Å². The zero-order valence-electron chi connectivity index (χ0n) is 18.6. The fraction of sp³-hybridized carbons (Fsp3) is 0.208. The maximum absolute atomic E-state index is 13.1. The van der Waals surface area contributed by atoms with Crippen LogP contribution in [0.25, 0.3) is 0 Å². The number of likely N-dealkylation sites (N-methyl/N-ethyl adjacent to an activating group) is 1. The highest BCUT2D eigenvalue weighted by molar-refractivity contribution is 7.92. The molecule has 0 aliphatic carbocycles. The number of ether oxygens (including phenoxy) is 1. The van der Waals surface area contributed by atoms with E-state index in [1.54, 1.807) is 13.2 Å². The Hall–Kier alpha value is -3.43. The van der Waals surface area contributed by atoms with Crippen LogP contribution in [0.4, 0.5) is 10.1 Å². The third-order valence-corrected chi connectivity index (χ3v) is 6.46. The van der Waals surface area contributed by atoms with Crippen molar-refractivity contribution >= 4 is 21.6 Å². The highest BCUT2D eigenvalue weighted by atomic mass is 32.2. The SMILES string of the molecule is COc1ccc([C@H](CNC(=O)c2cccc(S(=O)(=O)Nc3ccc(F)cc3)c2)N(C)C)cc1. The molecule has 1 amide bonds. The number of anilines is 1. The van der Waals surface area contributed by atoms with Gasteiger partial charge in [-0.15, -0.1) is 0 Å². The van der Waals surface area contributed by atoms with Crippen molar-refractivity contribution in [3.63, 3.8) is 0 Å². The van der Waals surface area contributed by atoms with Gasteiger partial charge in [0.05, 0.1) is 18.0 Å². The first-order valence-corrected chi connectivity index (χ1v) is 11.6. The van der Waals surface area contributed by atoms with E-state index in [9.17, 15) is 17.6 Å². The second kappa shape index (κ2) is 10.5. The van der Waals surface area contributed by atoms with Crippen LogP contribution in [0.1, 0.15) is 22.0 Å². The molecule has 0 fully saturated rings. The number of benzene rings is 3. The molecule has 0 saturated heterocycles. The monoisotopic (exact) mass is 471 g/mol. The summed E-state index contributed by atoms with van der Waals surface area (Å²) in [6, 6.07) is 18.2. The molecule has 0 radical (unpaired) electrons. The van der Waals surface area contributed by atoms with Gasteiger partial charge in [-0.1, -0.05) is 18.2 Å². The van der Waals surface area contributed by atoms with Gasteiger partial charge in [0.2, 0.25) is 0 Å². The number of amides is 1. The van der Waals surface area contributed by atoms with Crippen LogP contribution in [-0.4, -0.2) is 47.0 Å². The van der Waals surface area contributed by atoms with E-state index < -0.39 is 21.7 Å². The number of hydrogen-bond donors (Lipinski definition) is 2. The smallest absolute Gasteiger partial charge is 0.261 e. The van der Waals surface area contributed by atoms with Gasteiger partial charge in [0.1, 0.15) is 11.6 Å². The number of methoxy groups -OCH3 is 1. The number of halogens is 1. The quantitative estimate of drug-likeness (QED) is 0.497. The van der Waals surface area contributed by atoms with Gasteiger partial charge in [-0.2, -0.15) is 0 Å². The van der Waals surface area contributed by atoms with E-state index in [0.29, 0.717) is 6.54 Å². The molecular weight excluding hydrogens is 445 g/mol. The van der Waals surface area contributed by atoms with Crippen LogP contribution in [0.3, 0.4) is 0 Å². The molecular formula is C24H26FN3O4S. The average Bonchev–Trinajstić information content (AvgIpc) is 2.80. The van der Waals surface area contributed by atoms with Gasteiger partial charge in [0, 0.05) is 17.8 Å². The first-order chi connectivity index (χ1) is 15.7. The summed E-state index contributed by atoms with van der Waals surface area (Å²) < 4.78 is 46.1. The standard InChI is InChI=1S/C24H26FN3O4S/c1-28(2)23(17-7-13-21(32-3)14-8-17)16-26-24(29)18-5-4-6-22(15-18)33(30,31)27-20-11-9-19(25)10-12-20/h4-15,23,27H,16H2,1-3H3,(H,26,29)/t23-/m0/s1. The molecule has 174 valence electrons. The molecule has 0 aliphatic heterocycles. The lowest BCUT2D eigenvalue weighted by molar-refractivity contribution is 0.0941. The van der Waals surface area contributed by atoms with Crippen LogP contribution in [0.2, 0.25) is 0 Å². The van der Waals surface area contributed by atoms with Gasteiger partial charge in [0.15, 0.2) is 0 Å². The Morgan fingerprint density at radius 2 is 1.70 bits per heavy atom. The fourth-order valence-electron chi connectivity index (χ4n) is 3.25. The maximum Gasteiger partial charge on any atom is 0.261 e. The second-order valence-corrected chi connectivity index (χ2v) is 9.29. The molecule has 9 heteroatoms. The maximum atomic E-state index is 13.1. The zero-order valence-corrected chi connectivity index (χ0v) is 19.4. The summed E-state index contributed by atoms with van der Waals surface area (Å²) in [5.74, 6) is -0.121. The molecule has 3 aromatic carbocycles. The molecule has 7 nitrogen and oxygen atoms in total.